The van der Waals surface area contributed by atoms with Crippen molar-refractivity contribution in [2.45, 2.75) is 33.7 Å². The van der Waals surface area contributed by atoms with Crippen molar-refractivity contribution in [3.8, 4) is 5.75 Å². The summed E-state index contributed by atoms with van der Waals surface area (Å²) in [5.74, 6) is -6.18. The highest BCUT2D eigenvalue weighted by Gasteiger charge is 2.58. The van der Waals surface area contributed by atoms with Crippen LogP contribution in [0.3, 0.4) is 0 Å². The van der Waals surface area contributed by atoms with Crippen molar-refractivity contribution in [3.05, 3.63) is 84.4 Å². The number of benzene rings is 3. The topological polar surface area (TPSA) is 35.5 Å². The molecule has 0 aliphatic heterocycles. The predicted molar refractivity (Wildman–Crippen MR) is 120 cm³/mol. The molecule has 3 rings (SSSR count). The van der Waals surface area contributed by atoms with Crippen LogP contribution in [0.5, 0.6) is 5.75 Å². The lowest BCUT2D eigenvalue weighted by molar-refractivity contribution is -0.294. The van der Waals surface area contributed by atoms with E-state index in [1.54, 1.807) is 12.1 Å². The average Bonchev–Trinajstić information content (AvgIpc) is 2.81. The van der Waals surface area contributed by atoms with Gasteiger partial charge in [-0.05, 0) is 71.0 Å². The molecule has 0 fully saturated rings. The second kappa shape index (κ2) is 10.0. The predicted octanol–water partition coefficient (Wildman–Crippen LogP) is 7.03. The maximum atomic E-state index is 12.9. The molecule has 0 radical (unpaired) electrons. The molecule has 0 N–H and O–H groups in total. The van der Waals surface area contributed by atoms with Crippen LogP contribution in [0.25, 0.3) is 0 Å². The van der Waals surface area contributed by atoms with Crippen molar-refractivity contribution in [1.82, 2.24) is 0 Å². The number of carbonyl (C=O) groups excluding carboxylic acids is 1. The molecule has 0 saturated carbocycles. The maximum Gasteiger partial charge on any atom is 0.456 e. The normalized spacial score (nSPS) is 12.8. The fourth-order valence-electron chi connectivity index (χ4n) is 3.38. The van der Waals surface area contributed by atoms with Gasteiger partial charge < -0.3 is 9.47 Å². The van der Waals surface area contributed by atoms with Gasteiger partial charge in [0.25, 0.3) is 0 Å². The minimum atomic E-state index is -5.80. The zero-order chi connectivity index (χ0) is 25.0. The number of hydrogen-bond donors (Lipinski definition) is 0. The third-order valence-corrected chi connectivity index (χ3v) is 8.97. The fraction of sp³-hybridized carbons (Fsp3) is 0.240. The summed E-state index contributed by atoms with van der Waals surface area (Å²) < 4.78 is 71.7. The van der Waals surface area contributed by atoms with Crippen LogP contribution < -0.4 is 4.74 Å². The summed E-state index contributed by atoms with van der Waals surface area (Å²) in [6.07, 6.45) is -3.62. The van der Waals surface area contributed by atoms with Gasteiger partial charge in [-0.2, -0.15) is 32.0 Å². The smallest absolute Gasteiger partial charge is 0.456 e. The van der Waals surface area contributed by atoms with E-state index in [0.29, 0.717) is 0 Å². The van der Waals surface area contributed by atoms with Crippen molar-refractivity contribution < 1.29 is 36.2 Å². The number of hydrogen-bond acceptors (Lipinski definition) is 3. The van der Waals surface area contributed by atoms with Crippen molar-refractivity contribution in [2.24, 2.45) is 0 Å². The van der Waals surface area contributed by atoms with E-state index in [-0.39, 0.29) is 5.75 Å². The molecule has 0 spiro atoms. The molecule has 0 aliphatic carbocycles. The first kappa shape index (κ1) is 25.6. The van der Waals surface area contributed by atoms with Crippen LogP contribution >= 0.6 is 10.0 Å². The first-order valence-corrected chi connectivity index (χ1v) is 12.2. The quantitative estimate of drug-likeness (QED) is 0.247. The third kappa shape index (κ3) is 5.52. The number of aryl methyl sites for hydroxylation is 1. The summed E-state index contributed by atoms with van der Waals surface area (Å²) in [5, 5.41) is 0. The van der Waals surface area contributed by atoms with Gasteiger partial charge in [0.05, 0.1) is 0 Å². The van der Waals surface area contributed by atoms with Gasteiger partial charge in [0.1, 0.15) is 5.75 Å². The lowest BCUT2D eigenvalue weighted by Crippen LogP contribution is -2.41. The van der Waals surface area contributed by atoms with Gasteiger partial charge in [-0.15, -0.1) is 0 Å². The molecule has 0 unspecified atom stereocenters. The summed E-state index contributed by atoms with van der Waals surface area (Å²) in [4.78, 5) is 15.0. The van der Waals surface area contributed by atoms with Gasteiger partial charge in [-0.3, -0.25) is 0 Å². The molecule has 0 heterocycles. The molecule has 182 valence electrons. The molecule has 3 nitrogen and oxygen atoms in total. The van der Waals surface area contributed by atoms with E-state index in [9.17, 15) is 26.7 Å². The second-order valence-corrected chi connectivity index (χ2v) is 10.8. The Morgan fingerprint density at radius 3 is 1.85 bits per heavy atom. The largest absolute Gasteiger partial charge is 0.482 e. The van der Waals surface area contributed by atoms with Gasteiger partial charge in [-0.25, -0.2) is 4.79 Å². The van der Waals surface area contributed by atoms with E-state index in [1.165, 1.54) is 0 Å². The average molecular weight is 499 g/mol. The zero-order valence-corrected chi connectivity index (χ0v) is 19.3. The maximum absolute atomic E-state index is 12.9. The highest BCUT2D eigenvalue weighted by atomic mass is 32.3. The van der Waals surface area contributed by atoms with Gasteiger partial charge in [0.2, 0.25) is 0 Å². The Labute approximate surface area is 195 Å². The molecule has 0 saturated heterocycles. The zero-order valence-electron chi connectivity index (χ0n) is 18.4. The van der Waals surface area contributed by atoms with E-state index < -0.39 is 41.3 Å². The Hall–Kier alpha value is -3.07. The summed E-state index contributed by atoms with van der Waals surface area (Å²) in [5.41, 5.74) is 0.875. The molecular formula is C25H23F5O3S. The van der Waals surface area contributed by atoms with Crippen LogP contribution in [0.4, 0.5) is 22.0 Å². The Morgan fingerprint density at radius 2 is 1.38 bits per heavy atom. The van der Waals surface area contributed by atoms with E-state index in [0.717, 1.165) is 20.2 Å². The number of esters is 1. The molecular weight excluding hydrogens is 475 g/mol. The van der Waals surface area contributed by atoms with Crippen molar-refractivity contribution in [2.75, 3.05) is 19.5 Å². The number of halogens is 5. The van der Waals surface area contributed by atoms with Crippen LogP contribution in [0.15, 0.2) is 93.5 Å². The summed E-state index contributed by atoms with van der Waals surface area (Å²) in [6, 6.07) is 25.3. The number of alkyl halides is 5. The molecule has 9 heteroatoms. The first-order valence-electron chi connectivity index (χ1n) is 10.2. The molecule has 0 atom stereocenters. The van der Waals surface area contributed by atoms with E-state index in [2.05, 4.69) is 35.3 Å². The molecule has 0 aliphatic rings. The summed E-state index contributed by atoms with van der Waals surface area (Å²) in [7, 11) is -1.63. The van der Waals surface area contributed by atoms with Crippen LogP contribution in [0.2, 0.25) is 0 Å². The molecule has 0 amide bonds. The van der Waals surface area contributed by atoms with Gasteiger partial charge >= 0.3 is 18.1 Å². The minimum absolute atomic E-state index is 0.267. The lowest BCUT2D eigenvalue weighted by atomic mass is 10.2. The monoisotopic (exact) mass is 498 g/mol. The minimum Gasteiger partial charge on any atom is -0.482 e. The Bertz CT molecular complexity index is 1080. The number of rotatable bonds is 8. The number of ether oxygens (including phenoxy) is 2. The van der Waals surface area contributed by atoms with Crippen LogP contribution in [0.1, 0.15) is 5.56 Å². The lowest BCUT2D eigenvalue weighted by Gasteiger charge is -2.38. The number of carbonyl (C=O) groups is 1. The van der Waals surface area contributed by atoms with Crippen LogP contribution in [0, 0.1) is 6.92 Å². The highest BCUT2D eigenvalue weighted by molar-refractivity contribution is 8.33. The van der Waals surface area contributed by atoms with Crippen molar-refractivity contribution in [1.29, 1.82) is 0 Å². The van der Waals surface area contributed by atoms with Crippen molar-refractivity contribution >= 4 is 16.0 Å². The fourth-order valence-corrected chi connectivity index (χ4v) is 6.61. The van der Waals surface area contributed by atoms with Gasteiger partial charge in [-0.1, -0.05) is 36.4 Å². The molecule has 0 bridgehead atoms. The van der Waals surface area contributed by atoms with E-state index in [4.69, 9.17) is 4.74 Å². The second-order valence-electron chi connectivity index (χ2n) is 7.62. The van der Waals surface area contributed by atoms with Crippen LogP contribution in [-0.4, -0.2) is 37.5 Å². The van der Waals surface area contributed by atoms with Crippen molar-refractivity contribution in [3.63, 3.8) is 0 Å². The third-order valence-electron chi connectivity index (χ3n) is 5.20. The Balaban J connectivity index is 1.78. The van der Waals surface area contributed by atoms with Gasteiger partial charge in [0, 0.05) is 4.90 Å². The SMILES string of the molecule is Cc1cc(OCC(=O)OCC(F)(F)C(F)(F)F)ccc1S(C)(c1ccccc1)c1ccccc1. The summed E-state index contributed by atoms with van der Waals surface area (Å²) in [6.45, 7) is -0.998. The van der Waals surface area contributed by atoms with E-state index >= 15 is 0 Å². The first-order chi connectivity index (χ1) is 15.9. The molecule has 3 aromatic rings. The molecule has 3 aromatic carbocycles. The molecule has 34 heavy (non-hydrogen) atoms. The molecule has 0 aromatic heterocycles. The van der Waals surface area contributed by atoms with Gasteiger partial charge in [0.15, 0.2) is 13.2 Å². The Morgan fingerprint density at radius 1 is 0.853 bits per heavy atom. The van der Waals surface area contributed by atoms with E-state index in [1.807, 2.05) is 49.4 Å². The standard InChI is InChI=1S/C25H23F5O3S/c1-18-15-19(32-16-23(31)33-17-24(26,27)25(28,29)30)13-14-22(18)34(2,20-9-5-3-6-10-20)21-11-7-4-8-12-21/h3-15H,16-17H2,1-2H3. The highest BCUT2D eigenvalue weighted by Crippen LogP contribution is 2.66. The Kier molecular flexibility index (Phi) is 7.55. The van der Waals surface area contributed by atoms with Crippen LogP contribution in [-0.2, 0) is 9.53 Å². The summed E-state index contributed by atoms with van der Waals surface area (Å²) >= 11 is 0.